The monoisotopic (exact) mass is 322 g/mol. The summed E-state index contributed by atoms with van der Waals surface area (Å²) in [5.74, 6) is -2.97. The van der Waals surface area contributed by atoms with E-state index in [9.17, 15) is 23.8 Å². The van der Waals surface area contributed by atoms with Crippen molar-refractivity contribution in [2.24, 2.45) is 0 Å². The van der Waals surface area contributed by atoms with E-state index in [0.717, 1.165) is 24.6 Å². The highest BCUT2D eigenvalue weighted by molar-refractivity contribution is 6.00. The highest BCUT2D eigenvalue weighted by Crippen LogP contribution is 2.29. The van der Waals surface area contributed by atoms with Crippen LogP contribution in [0.25, 0.3) is 0 Å². The summed E-state index contributed by atoms with van der Waals surface area (Å²) in [6, 6.07) is 5.23. The van der Waals surface area contributed by atoms with Gasteiger partial charge in [-0.25, -0.2) is 8.78 Å². The fourth-order valence-electron chi connectivity index (χ4n) is 2.13. The first kappa shape index (κ1) is 16.7. The van der Waals surface area contributed by atoms with E-state index in [1.165, 1.54) is 6.07 Å². The van der Waals surface area contributed by atoms with Crippen LogP contribution in [0.1, 0.15) is 29.3 Å². The third-order valence-electron chi connectivity index (χ3n) is 3.27. The number of halogens is 2. The Labute approximate surface area is 132 Å². The summed E-state index contributed by atoms with van der Waals surface area (Å²) < 4.78 is 31.3. The lowest BCUT2D eigenvalue weighted by Gasteiger charge is -2.10. The summed E-state index contributed by atoms with van der Waals surface area (Å²) >= 11 is 0. The van der Waals surface area contributed by atoms with Crippen molar-refractivity contribution in [1.29, 1.82) is 0 Å². The molecule has 2 N–H and O–H groups in total. The van der Waals surface area contributed by atoms with E-state index in [4.69, 9.17) is 4.74 Å². The molecule has 0 saturated carbocycles. The largest absolute Gasteiger partial charge is 0.508 e. The topological polar surface area (TPSA) is 66.8 Å². The van der Waals surface area contributed by atoms with E-state index in [0.29, 0.717) is 18.1 Å². The second-order valence-corrected chi connectivity index (χ2v) is 5.03. The summed E-state index contributed by atoms with van der Waals surface area (Å²) in [7, 11) is 0. The number of hydrogen-bond donors (Lipinski definition) is 2. The van der Waals surface area contributed by atoms with Crippen molar-refractivity contribution in [3.63, 3.8) is 0 Å². The minimum absolute atomic E-state index is 0.0197. The number of carbonyl (C=O) groups is 1. The first-order valence-electron chi connectivity index (χ1n) is 7.08. The number of aromatic hydroxyl groups is 2. The minimum Gasteiger partial charge on any atom is -0.508 e. The Morgan fingerprint density at radius 3 is 2.52 bits per heavy atom. The Balaban J connectivity index is 2.15. The van der Waals surface area contributed by atoms with Crippen LogP contribution in [-0.2, 0) is 6.42 Å². The molecule has 4 nitrogen and oxygen atoms in total. The predicted molar refractivity (Wildman–Crippen MR) is 80.0 cm³/mol. The van der Waals surface area contributed by atoms with Crippen LogP contribution in [0.4, 0.5) is 8.78 Å². The van der Waals surface area contributed by atoms with Gasteiger partial charge in [0.1, 0.15) is 17.3 Å². The zero-order chi connectivity index (χ0) is 17.0. The molecule has 0 heterocycles. The van der Waals surface area contributed by atoms with Crippen LogP contribution in [0.15, 0.2) is 30.3 Å². The molecule has 0 radical (unpaired) electrons. The van der Waals surface area contributed by atoms with Gasteiger partial charge in [-0.2, -0.15) is 0 Å². The molecule has 0 aliphatic rings. The molecule has 2 rings (SSSR count). The lowest BCUT2D eigenvalue weighted by molar-refractivity contribution is 0.0916. The third-order valence-corrected chi connectivity index (χ3v) is 3.27. The molecule has 122 valence electrons. The molecule has 6 heteroatoms. The van der Waals surface area contributed by atoms with Gasteiger partial charge in [-0.3, -0.25) is 4.79 Å². The lowest BCUT2D eigenvalue weighted by atomic mass is 10.0. The zero-order valence-electron chi connectivity index (χ0n) is 12.5. The number of Topliss-reactive ketones (excluding diaryl/α,β-unsaturated/α-hetero) is 1. The maximum atomic E-state index is 13.4. The normalized spacial score (nSPS) is 10.6. The average Bonchev–Trinajstić information content (AvgIpc) is 2.49. The number of phenolic OH excluding ortho intramolecular Hbond substituents is 2. The van der Waals surface area contributed by atoms with Crippen LogP contribution >= 0.6 is 0 Å². The molecule has 0 amide bonds. The highest BCUT2D eigenvalue weighted by Gasteiger charge is 2.16. The molecule has 0 aliphatic heterocycles. The van der Waals surface area contributed by atoms with Crippen LogP contribution in [0, 0.1) is 11.6 Å². The second-order valence-electron chi connectivity index (χ2n) is 5.03. The van der Waals surface area contributed by atoms with Crippen molar-refractivity contribution in [3.8, 4) is 17.2 Å². The number of aryl methyl sites for hydroxylation is 1. The van der Waals surface area contributed by atoms with Gasteiger partial charge in [-0.1, -0.05) is 13.3 Å². The molecule has 0 atom stereocenters. The molecule has 23 heavy (non-hydrogen) atoms. The van der Waals surface area contributed by atoms with Gasteiger partial charge in [0.2, 0.25) is 5.78 Å². The van der Waals surface area contributed by atoms with E-state index in [1.54, 1.807) is 0 Å². The summed E-state index contributed by atoms with van der Waals surface area (Å²) in [5, 5.41) is 19.5. The van der Waals surface area contributed by atoms with E-state index < -0.39 is 24.0 Å². The van der Waals surface area contributed by atoms with Crippen LogP contribution in [0.3, 0.4) is 0 Å². The van der Waals surface area contributed by atoms with Crippen LogP contribution < -0.4 is 4.74 Å². The number of phenols is 2. The summed E-state index contributed by atoms with van der Waals surface area (Å²) in [4.78, 5) is 12.1. The maximum absolute atomic E-state index is 13.4. The van der Waals surface area contributed by atoms with Crippen LogP contribution in [0.5, 0.6) is 17.2 Å². The van der Waals surface area contributed by atoms with Crippen LogP contribution in [-0.4, -0.2) is 22.6 Å². The Morgan fingerprint density at radius 1 is 1.13 bits per heavy atom. The molecule has 0 fully saturated rings. The summed E-state index contributed by atoms with van der Waals surface area (Å²) in [5.41, 5.74) is 0.510. The van der Waals surface area contributed by atoms with Gasteiger partial charge in [0.25, 0.3) is 0 Å². The smallest absolute Gasteiger partial charge is 0.203 e. The number of ether oxygens (including phenoxy) is 1. The van der Waals surface area contributed by atoms with Crippen LogP contribution in [0.2, 0.25) is 0 Å². The van der Waals surface area contributed by atoms with E-state index >= 15 is 0 Å². The standard InChI is InChI=1S/C17H16F2O4/c1-2-3-10-6-12(15(21)8-14(10)20)16(22)9-23-17-5-4-11(18)7-13(17)19/h4-8,20-21H,2-3,9H2,1H3. The van der Waals surface area contributed by atoms with Gasteiger partial charge in [-0.05, 0) is 30.2 Å². The van der Waals surface area contributed by atoms with Crippen molar-refractivity contribution < 1.29 is 28.5 Å². The second kappa shape index (κ2) is 7.09. The van der Waals surface area contributed by atoms with Gasteiger partial charge < -0.3 is 14.9 Å². The van der Waals surface area contributed by atoms with Gasteiger partial charge in [-0.15, -0.1) is 0 Å². The number of ketones is 1. The quantitative estimate of drug-likeness (QED) is 0.798. The molecular weight excluding hydrogens is 306 g/mol. The van der Waals surface area contributed by atoms with Gasteiger partial charge >= 0.3 is 0 Å². The Kier molecular flexibility index (Phi) is 5.16. The number of rotatable bonds is 6. The third kappa shape index (κ3) is 3.97. The van der Waals surface area contributed by atoms with Crippen molar-refractivity contribution in [3.05, 3.63) is 53.1 Å². The van der Waals surface area contributed by atoms with Gasteiger partial charge in [0.05, 0.1) is 5.56 Å². The minimum atomic E-state index is -0.917. The number of carbonyl (C=O) groups excluding carboxylic acids is 1. The van der Waals surface area contributed by atoms with Crippen molar-refractivity contribution >= 4 is 5.78 Å². The zero-order valence-corrected chi connectivity index (χ0v) is 12.5. The van der Waals surface area contributed by atoms with Crippen molar-refractivity contribution in [1.82, 2.24) is 0 Å². The lowest BCUT2D eigenvalue weighted by Crippen LogP contribution is -2.13. The fourth-order valence-corrected chi connectivity index (χ4v) is 2.13. The van der Waals surface area contributed by atoms with E-state index in [1.807, 2.05) is 6.92 Å². The molecule has 2 aromatic carbocycles. The van der Waals surface area contributed by atoms with E-state index in [-0.39, 0.29) is 22.8 Å². The SMILES string of the molecule is CCCc1cc(C(=O)COc2ccc(F)cc2F)c(O)cc1O. The number of benzene rings is 2. The molecule has 0 aliphatic carbocycles. The molecule has 0 bridgehead atoms. The number of hydrogen-bond acceptors (Lipinski definition) is 4. The molecule has 0 spiro atoms. The Hall–Kier alpha value is -2.63. The van der Waals surface area contributed by atoms with Crippen molar-refractivity contribution in [2.45, 2.75) is 19.8 Å². The van der Waals surface area contributed by atoms with Gasteiger partial charge in [0.15, 0.2) is 18.2 Å². The maximum Gasteiger partial charge on any atom is 0.203 e. The fraction of sp³-hybridized carbons (Fsp3) is 0.235. The first-order chi connectivity index (χ1) is 10.9. The first-order valence-corrected chi connectivity index (χ1v) is 7.08. The van der Waals surface area contributed by atoms with Gasteiger partial charge in [0, 0.05) is 12.1 Å². The highest BCUT2D eigenvalue weighted by atomic mass is 19.1. The summed E-state index contributed by atoms with van der Waals surface area (Å²) in [6.07, 6.45) is 1.29. The van der Waals surface area contributed by atoms with Crippen molar-refractivity contribution in [2.75, 3.05) is 6.61 Å². The molecule has 0 aromatic heterocycles. The molecule has 0 saturated heterocycles. The molecule has 2 aromatic rings. The predicted octanol–water partition coefficient (Wildman–Crippen LogP) is 3.59. The molecular formula is C17H16F2O4. The Morgan fingerprint density at radius 2 is 1.87 bits per heavy atom. The average molecular weight is 322 g/mol. The van der Waals surface area contributed by atoms with E-state index in [2.05, 4.69) is 0 Å². The Bertz CT molecular complexity index is 729. The molecule has 0 unspecified atom stereocenters. The summed E-state index contributed by atoms with van der Waals surface area (Å²) in [6.45, 7) is 1.39.